The average molecular weight is 321 g/mol. The molecule has 0 saturated heterocycles. The van der Waals surface area contributed by atoms with Gasteiger partial charge >= 0.3 is 23.1 Å². The minimum Gasteiger partial charge on any atom is -1.00 e. The second kappa shape index (κ2) is 7.89. The van der Waals surface area contributed by atoms with Crippen molar-refractivity contribution in [3.63, 3.8) is 0 Å². The summed E-state index contributed by atoms with van der Waals surface area (Å²) in [5.74, 6) is 1.49. The Kier molecular flexibility index (Phi) is 7.72. The van der Waals surface area contributed by atoms with Gasteiger partial charge in [-0.15, -0.1) is 12.1 Å². The average Bonchev–Trinajstić information content (AvgIpc) is 2.21. The van der Waals surface area contributed by atoms with Crippen LogP contribution in [0, 0.1) is 6.07 Å². The Bertz CT molecular complexity index is 331. The third-order valence-corrected chi connectivity index (χ3v) is 1.56. The van der Waals surface area contributed by atoms with Crippen molar-refractivity contribution >= 4 is 23.1 Å². The third kappa shape index (κ3) is 4.81. The van der Waals surface area contributed by atoms with Crippen LogP contribution in [0.3, 0.4) is 0 Å². The summed E-state index contributed by atoms with van der Waals surface area (Å²) in [6.45, 7) is 0. The summed E-state index contributed by atoms with van der Waals surface area (Å²) < 4.78 is 5.48. The fourth-order valence-electron chi connectivity index (χ4n) is 0.974. The van der Waals surface area contributed by atoms with Crippen molar-refractivity contribution in [1.82, 2.24) is 4.98 Å². The molecule has 0 spiro atoms. The normalized spacial score (nSPS) is 8.27. The number of pyridine rings is 1. The first-order chi connectivity index (χ1) is 6.45. The topological polar surface area (TPSA) is 22.1 Å². The van der Waals surface area contributed by atoms with Gasteiger partial charge in [-0.05, 0) is 12.1 Å². The predicted octanol–water partition coefficient (Wildman–Crippen LogP) is -0.703. The molecule has 0 unspecified atom stereocenters. The summed E-state index contributed by atoms with van der Waals surface area (Å²) >= 11 is 0. The van der Waals surface area contributed by atoms with Crippen molar-refractivity contribution in [2.75, 3.05) is 0 Å². The number of aromatic nitrogens is 1. The van der Waals surface area contributed by atoms with E-state index < -0.39 is 0 Å². The largest absolute Gasteiger partial charge is 2.00 e. The molecule has 0 bridgehead atoms. The molecule has 1 aromatic carbocycles. The van der Waals surface area contributed by atoms with Crippen LogP contribution in [-0.2, 0) is 0 Å². The molecule has 0 aliphatic heterocycles. The van der Waals surface area contributed by atoms with Gasteiger partial charge in [-0.3, -0.25) is 4.98 Å². The zero-order valence-corrected chi connectivity index (χ0v) is 11.6. The van der Waals surface area contributed by atoms with Crippen LogP contribution in [0.4, 0.5) is 0 Å². The van der Waals surface area contributed by atoms with Crippen LogP contribution in [0.1, 0.15) is 0 Å². The third-order valence-electron chi connectivity index (χ3n) is 1.56. The van der Waals surface area contributed by atoms with Gasteiger partial charge in [0, 0.05) is 18.1 Å². The molecule has 0 saturated carbocycles. The first-order valence-corrected chi connectivity index (χ1v) is 4.00. The van der Waals surface area contributed by atoms with Crippen molar-refractivity contribution in [1.29, 1.82) is 0 Å². The standard InChI is InChI=1S/C11H8NO.HI.Mg/c1-2-4-10(5-3-1)13-11-6-8-12-9-7-11;;/h1-4,6-9H;1H;/q-1;;+2/p-1. The zero-order chi connectivity index (χ0) is 8.93. The molecule has 4 heteroatoms. The quantitative estimate of drug-likeness (QED) is 0.415. The Hall–Kier alpha value is -0.334. The molecule has 15 heavy (non-hydrogen) atoms. The summed E-state index contributed by atoms with van der Waals surface area (Å²) in [6.07, 6.45) is 3.39. The van der Waals surface area contributed by atoms with Crippen LogP contribution in [0.5, 0.6) is 11.5 Å². The maximum absolute atomic E-state index is 5.48. The van der Waals surface area contributed by atoms with Crippen LogP contribution in [0.15, 0.2) is 48.8 Å². The first kappa shape index (κ1) is 14.7. The van der Waals surface area contributed by atoms with E-state index in [1.54, 1.807) is 24.5 Å². The molecule has 0 radical (unpaired) electrons. The van der Waals surface area contributed by atoms with Crippen LogP contribution < -0.4 is 28.7 Å². The van der Waals surface area contributed by atoms with Gasteiger partial charge in [0.25, 0.3) is 0 Å². The van der Waals surface area contributed by atoms with Crippen LogP contribution in [-0.4, -0.2) is 28.0 Å². The molecule has 0 atom stereocenters. The molecular formula is C11H8IMgNO. The summed E-state index contributed by atoms with van der Waals surface area (Å²) in [5.41, 5.74) is 0. The van der Waals surface area contributed by atoms with E-state index in [-0.39, 0.29) is 47.0 Å². The fourth-order valence-corrected chi connectivity index (χ4v) is 0.974. The molecule has 0 fully saturated rings. The van der Waals surface area contributed by atoms with E-state index in [1.807, 2.05) is 24.3 Å². The summed E-state index contributed by atoms with van der Waals surface area (Å²) in [5, 5.41) is 0. The second-order valence-corrected chi connectivity index (χ2v) is 2.51. The van der Waals surface area contributed by atoms with Gasteiger partial charge in [-0.2, -0.15) is 18.2 Å². The monoisotopic (exact) mass is 321 g/mol. The fraction of sp³-hybridized carbons (Fsp3) is 0. The number of para-hydroxylation sites is 1. The predicted molar refractivity (Wildman–Crippen MR) is 55.3 cm³/mol. The van der Waals surface area contributed by atoms with Crippen molar-refractivity contribution in [3.8, 4) is 11.5 Å². The molecule has 2 aromatic rings. The first-order valence-electron chi connectivity index (χ1n) is 4.00. The molecule has 0 amide bonds. The summed E-state index contributed by atoms with van der Waals surface area (Å²) in [6, 6.07) is 14.1. The molecule has 72 valence electrons. The van der Waals surface area contributed by atoms with E-state index >= 15 is 0 Å². The van der Waals surface area contributed by atoms with Gasteiger partial charge in [0.2, 0.25) is 0 Å². The van der Waals surface area contributed by atoms with Crippen LogP contribution in [0.2, 0.25) is 0 Å². The van der Waals surface area contributed by atoms with Crippen molar-refractivity contribution in [3.05, 3.63) is 54.9 Å². The van der Waals surface area contributed by atoms with Gasteiger partial charge in [-0.25, -0.2) is 0 Å². The molecule has 2 nitrogen and oxygen atoms in total. The van der Waals surface area contributed by atoms with E-state index in [0.29, 0.717) is 5.75 Å². The van der Waals surface area contributed by atoms with Gasteiger partial charge in [-0.1, -0.05) is 0 Å². The smallest absolute Gasteiger partial charge is 1.00 e. The number of hydrogen-bond acceptors (Lipinski definition) is 2. The molecule has 0 aliphatic rings. The van der Waals surface area contributed by atoms with Gasteiger partial charge in [0.1, 0.15) is 5.75 Å². The molecule has 2 rings (SSSR count). The Morgan fingerprint density at radius 3 is 2.40 bits per heavy atom. The Morgan fingerprint density at radius 2 is 1.80 bits per heavy atom. The maximum atomic E-state index is 5.48. The Labute approximate surface area is 122 Å². The van der Waals surface area contributed by atoms with E-state index in [1.165, 1.54) is 0 Å². The number of rotatable bonds is 2. The summed E-state index contributed by atoms with van der Waals surface area (Å²) in [4.78, 5) is 3.90. The molecule has 0 N–H and O–H groups in total. The van der Waals surface area contributed by atoms with E-state index in [0.717, 1.165) is 5.75 Å². The SMILES string of the molecule is [I-].[Mg+2].[c-]1ccccc1Oc1ccncc1. The zero-order valence-electron chi connectivity index (χ0n) is 8.06. The molecule has 0 aliphatic carbocycles. The Balaban J connectivity index is 0.000000980. The number of nitrogens with zero attached hydrogens (tertiary/aromatic N) is 1. The summed E-state index contributed by atoms with van der Waals surface area (Å²) in [7, 11) is 0. The minimum atomic E-state index is 0. The molecule has 1 heterocycles. The van der Waals surface area contributed by atoms with Crippen molar-refractivity contribution in [2.45, 2.75) is 0 Å². The number of benzene rings is 1. The number of halogens is 1. The van der Waals surface area contributed by atoms with E-state index in [2.05, 4.69) is 11.1 Å². The van der Waals surface area contributed by atoms with Crippen molar-refractivity contribution in [2.24, 2.45) is 0 Å². The van der Waals surface area contributed by atoms with Gasteiger partial charge in [0.05, 0.1) is 0 Å². The Morgan fingerprint density at radius 1 is 1.07 bits per heavy atom. The second-order valence-electron chi connectivity index (χ2n) is 2.51. The number of hydrogen-bond donors (Lipinski definition) is 0. The van der Waals surface area contributed by atoms with Crippen LogP contribution in [0.25, 0.3) is 0 Å². The van der Waals surface area contributed by atoms with Crippen molar-refractivity contribution < 1.29 is 28.7 Å². The van der Waals surface area contributed by atoms with E-state index in [4.69, 9.17) is 4.74 Å². The van der Waals surface area contributed by atoms with Crippen LogP contribution >= 0.6 is 0 Å². The maximum Gasteiger partial charge on any atom is 2.00 e. The van der Waals surface area contributed by atoms with Gasteiger partial charge < -0.3 is 28.7 Å². The molecular weight excluding hydrogens is 313 g/mol. The minimum absolute atomic E-state index is 0. The van der Waals surface area contributed by atoms with E-state index in [9.17, 15) is 0 Å². The van der Waals surface area contributed by atoms with Gasteiger partial charge in [0.15, 0.2) is 0 Å². The number of ether oxygens (including phenoxy) is 1. The molecule has 1 aromatic heterocycles.